The van der Waals surface area contributed by atoms with Gasteiger partial charge in [-0.05, 0) is 29.2 Å². The number of nitrogens with zero attached hydrogens (tertiary/aromatic N) is 2. The molecular weight excluding hydrogens is 310 g/mol. The van der Waals surface area contributed by atoms with Gasteiger partial charge >= 0.3 is 0 Å². The van der Waals surface area contributed by atoms with E-state index in [1.165, 1.54) is 17.5 Å². The molecule has 4 N–H and O–H groups in total. The van der Waals surface area contributed by atoms with E-state index in [1.54, 1.807) is 0 Å². The van der Waals surface area contributed by atoms with Crippen molar-refractivity contribution in [1.29, 1.82) is 0 Å². The van der Waals surface area contributed by atoms with Crippen LogP contribution in [0.3, 0.4) is 0 Å². The van der Waals surface area contributed by atoms with Gasteiger partial charge < -0.3 is 16.4 Å². The number of nitrogen functional groups attached to an aromatic ring is 1. The summed E-state index contributed by atoms with van der Waals surface area (Å²) >= 11 is 0. The lowest BCUT2D eigenvalue weighted by atomic mass is 10.0. The topological polar surface area (TPSA) is 75.9 Å². The Hall–Kier alpha value is -3.08. The largest absolute Gasteiger partial charge is 0.393 e. The van der Waals surface area contributed by atoms with Gasteiger partial charge in [-0.2, -0.15) is 0 Å². The van der Waals surface area contributed by atoms with E-state index in [1.807, 2.05) is 30.3 Å². The maximum absolute atomic E-state index is 6.22. The summed E-state index contributed by atoms with van der Waals surface area (Å²) in [5.74, 6) is 1.73. The summed E-state index contributed by atoms with van der Waals surface area (Å²) in [7, 11) is 0. The number of rotatable bonds is 6. The summed E-state index contributed by atoms with van der Waals surface area (Å²) in [5, 5.41) is 6.52. The van der Waals surface area contributed by atoms with Crippen molar-refractivity contribution < 1.29 is 0 Å². The van der Waals surface area contributed by atoms with Crippen molar-refractivity contribution in [3.8, 4) is 0 Å². The molecule has 1 heterocycles. The molecule has 1 aromatic heterocycles. The Morgan fingerprint density at radius 2 is 1.60 bits per heavy atom. The fourth-order valence-electron chi connectivity index (χ4n) is 2.51. The Balaban J connectivity index is 1.72. The van der Waals surface area contributed by atoms with Gasteiger partial charge in [-0.3, -0.25) is 0 Å². The molecule has 2 aromatic carbocycles. The summed E-state index contributed by atoms with van der Waals surface area (Å²) in [4.78, 5) is 8.51. The van der Waals surface area contributed by atoms with Crippen LogP contribution in [-0.4, -0.2) is 9.97 Å². The van der Waals surface area contributed by atoms with E-state index in [0.717, 1.165) is 5.69 Å². The third-order valence-corrected chi connectivity index (χ3v) is 4.03. The highest BCUT2D eigenvalue weighted by Crippen LogP contribution is 2.27. The minimum Gasteiger partial charge on any atom is -0.393 e. The molecule has 0 aliphatic heterocycles. The van der Waals surface area contributed by atoms with Crippen LogP contribution in [0.1, 0.15) is 30.9 Å². The molecule has 0 unspecified atom stereocenters. The first-order valence-corrected chi connectivity index (χ1v) is 8.38. The normalized spacial score (nSPS) is 10.7. The van der Waals surface area contributed by atoms with Crippen molar-refractivity contribution in [2.24, 2.45) is 0 Å². The minimum atomic E-state index is 0.506. The molecule has 5 heteroatoms. The number of hydrogen-bond donors (Lipinski definition) is 3. The highest BCUT2D eigenvalue weighted by Gasteiger charge is 2.08. The van der Waals surface area contributed by atoms with Crippen molar-refractivity contribution in [1.82, 2.24) is 9.97 Å². The Bertz CT molecular complexity index is 813. The van der Waals surface area contributed by atoms with E-state index < -0.39 is 0 Å². The standard InChI is InChI=1S/C20H23N5/c1-14(2)16-8-10-17(11-9-16)25-20-18(21)19(23-13-24-20)22-12-15-6-4-3-5-7-15/h3-11,13-14H,12,21H2,1-2H3,(H2,22,23,24,25). The first kappa shape index (κ1) is 16.8. The van der Waals surface area contributed by atoms with Crippen LogP contribution >= 0.6 is 0 Å². The SMILES string of the molecule is CC(C)c1ccc(Nc2ncnc(NCc3ccccc3)c2N)cc1. The summed E-state index contributed by atoms with van der Waals surface area (Å²) < 4.78 is 0. The maximum Gasteiger partial charge on any atom is 0.159 e. The van der Waals surface area contributed by atoms with Gasteiger partial charge in [-0.15, -0.1) is 0 Å². The summed E-state index contributed by atoms with van der Waals surface area (Å²) in [6.45, 7) is 5.01. The van der Waals surface area contributed by atoms with E-state index in [-0.39, 0.29) is 0 Å². The molecule has 0 aliphatic rings. The van der Waals surface area contributed by atoms with Crippen LogP contribution in [0.2, 0.25) is 0 Å². The number of aromatic nitrogens is 2. The van der Waals surface area contributed by atoms with Crippen molar-refractivity contribution in [2.75, 3.05) is 16.4 Å². The fraction of sp³-hybridized carbons (Fsp3) is 0.200. The number of benzene rings is 2. The first-order chi connectivity index (χ1) is 12.1. The van der Waals surface area contributed by atoms with Gasteiger partial charge in [0.25, 0.3) is 0 Å². The molecular formula is C20H23N5. The summed E-state index contributed by atoms with van der Waals surface area (Å²) in [6, 6.07) is 18.4. The molecule has 0 radical (unpaired) electrons. The minimum absolute atomic E-state index is 0.506. The zero-order chi connectivity index (χ0) is 17.6. The van der Waals surface area contributed by atoms with Crippen molar-refractivity contribution in [2.45, 2.75) is 26.3 Å². The van der Waals surface area contributed by atoms with Gasteiger partial charge in [0.15, 0.2) is 11.6 Å². The molecule has 0 amide bonds. The molecule has 0 spiro atoms. The van der Waals surface area contributed by atoms with Gasteiger partial charge in [0.2, 0.25) is 0 Å². The van der Waals surface area contributed by atoms with E-state index in [4.69, 9.17) is 5.73 Å². The molecule has 128 valence electrons. The summed E-state index contributed by atoms with van der Waals surface area (Å²) in [6.07, 6.45) is 1.51. The van der Waals surface area contributed by atoms with E-state index in [9.17, 15) is 0 Å². The highest BCUT2D eigenvalue weighted by atomic mass is 15.1. The number of anilines is 4. The number of nitrogens with one attached hydrogen (secondary N) is 2. The fourth-order valence-corrected chi connectivity index (χ4v) is 2.51. The van der Waals surface area contributed by atoms with Crippen molar-refractivity contribution in [3.63, 3.8) is 0 Å². The molecule has 3 aromatic rings. The maximum atomic E-state index is 6.22. The lowest BCUT2D eigenvalue weighted by molar-refractivity contribution is 0.867. The predicted molar refractivity (Wildman–Crippen MR) is 104 cm³/mol. The lowest BCUT2D eigenvalue weighted by Crippen LogP contribution is -2.08. The van der Waals surface area contributed by atoms with Gasteiger partial charge in [0.1, 0.15) is 12.0 Å². The van der Waals surface area contributed by atoms with Gasteiger partial charge in [-0.1, -0.05) is 56.3 Å². The molecule has 0 fully saturated rings. The molecule has 3 rings (SSSR count). The molecule has 25 heavy (non-hydrogen) atoms. The first-order valence-electron chi connectivity index (χ1n) is 8.38. The monoisotopic (exact) mass is 333 g/mol. The van der Waals surface area contributed by atoms with E-state index in [0.29, 0.717) is 29.8 Å². The Labute approximate surface area is 148 Å². The Morgan fingerprint density at radius 3 is 2.28 bits per heavy atom. The van der Waals surface area contributed by atoms with Gasteiger partial charge in [-0.25, -0.2) is 9.97 Å². The van der Waals surface area contributed by atoms with Crippen LogP contribution < -0.4 is 16.4 Å². The van der Waals surface area contributed by atoms with Crippen molar-refractivity contribution >= 4 is 23.0 Å². The molecule has 0 saturated carbocycles. The Kier molecular flexibility index (Phi) is 5.14. The second-order valence-corrected chi connectivity index (χ2v) is 6.23. The van der Waals surface area contributed by atoms with E-state index in [2.05, 4.69) is 58.7 Å². The molecule has 5 nitrogen and oxygen atoms in total. The molecule has 0 atom stereocenters. The third-order valence-electron chi connectivity index (χ3n) is 4.03. The zero-order valence-electron chi connectivity index (χ0n) is 14.5. The molecule has 0 saturated heterocycles. The average molecular weight is 333 g/mol. The number of nitrogens with two attached hydrogens (primary N) is 1. The zero-order valence-corrected chi connectivity index (χ0v) is 14.5. The average Bonchev–Trinajstić information content (AvgIpc) is 2.64. The molecule has 0 bridgehead atoms. The van der Waals surface area contributed by atoms with Crippen LogP contribution in [0.15, 0.2) is 60.9 Å². The molecule has 0 aliphatic carbocycles. The van der Waals surface area contributed by atoms with Gasteiger partial charge in [0, 0.05) is 12.2 Å². The van der Waals surface area contributed by atoms with Crippen LogP contribution in [0.25, 0.3) is 0 Å². The smallest absolute Gasteiger partial charge is 0.159 e. The lowest BCUT2D eigenvalue weighted by Gasteiger charge is -2.13. The third kappa shape index (κ3) is 4.26. The van der Waals surface area contributed by atoms with Crippen molar-refractivity contribution in [3.05, 3.63) is 72.1 Å². The highest BCUT2D eigenvalue weighted by molar-refractivity contribution is 5.77. The second-order valence-electron chi connectivity index (χ2n) is 6.23. The quantitative estimate of drug-likeness (QED) is 0.617. The van der Waals surface area contributed by atoms with Crippen LogP contribution in [0, 0.1) is 0 Å². The van der Waals surface area contributed by atoms with Crippen LogP contribution in [0.5, 0.6) is 0 Å². The van der Waals surface area contributed by atoms with Crippen LogP contribution in [-0.2, 0) is 6.54 Å². The van der Waals surface area contributed by atoms with Crippen LogP contribution in [0.4, 0.5) is 23.0 Å². The Morgan fingerprint density at radius 1 is 0.920 bits per heavy atom. The predicted octanol–water partition coefficient (Wildman–Crippen LogP) is 4.54. The summed E-state index contributed by atoms with van der Waals surface area (Å²) in [5.41, 5.74) is 10.1. The van der Waals surface area contributed by atoms with E-state index >= 15 is 0 Å². The second kappa shape index (κ2) is 7.66. The van der Waals surface area contributed by atoms with Gasteiger partial charge in [0.05, 0.1) is 0 Å². The number of hydrogen-bond acceptors (Lipinski definition) is 5.